The van der Waals surface area contributed by atoms with E-state index in [1.165, 1.54) is 13.2 Å². The maximum atomic E-state index is 11.8. The Morgan fingerprint density at radius 2 is 2.33 bits per heavy atom. The van der Waals surface area contributed by atoms with Crippen LogP contribution in [0.1, 0.15) is 19.8 Å². The van der Waals surface area contributed by atoms with Gasteiger partial charge in [-0.2, -0.15) is 0 Å². The van der Waals surface area contributed by atoms with Crippen molar-refractivity contribution < 1.29 is 19.1 Å². The molecular weight excluding hydrogens is 234 g/mol. The molecule has 0 unspecified atom stereocenters. The predicted octanol–water partition coefficient (Wildman–Crippen LogP) is 1.89. The number of methoxy groups -OCH3 is 1. The van der Waals surface area contributed by atoms with Gasteiger partial charge >= 0.3 is 12.1 Å². The first kappa shape index (κ1) is 14.3. The van der Waals surface area contributed by atoms with Gasteiger partial charge in [-0.25, -0.2) is 9.59 Å². The number of amides is 1. The number of hydrogen-bond acceptors (Lipinski definition) is 4. The Hall–Kier alpha value is -1.78. The van der Waals surface area contributed by atoms with E-state index >= 15 is 0 Å². The zero-order chi connectivity index (χ0) is 13.5. The minimum Gasteiger partial charge on any atom is -0.466 e. The fourth-order valence-corrected chi connectivity index (χ4v) is 1.90. The van der Waals surface area contributed by atoms with E-state index in [4.69, 9.17) is 4.74 Å². The summed E-state index contributed by atoms with van der Waals surface area (Å²) in [5.41, 5.74) is 0.622. The number of carbonyl (C=O) groups is 2. The van der Waals surface area contributed by atoms with Crippen LogP contribution in [0, 0.1) is 0 Å². The Morgan fingerprint density at radius 3 is 2.89 bits per heavy atom. The van der Waals surface area contributed by atoms with Gasteiger partial charge in [0.05, 0.1) is 7.11 Å². The third-order valence-electron chi connectivity index (χ3n) is 2.91. The van der Waals surface area contributed by atoms with E-state index in [1.54, 1.807) is 11.0 Å². The summed E-state index contributed by atoms with van der Waals surface area (Å²) >= 11 is 0. The lowest BCUT2D eigenvalue weighted by Gasteiger charge is -2.33. The molecule has 0 saturated carbocycles. The predicted molar refractivity (Wildman–Crippen MR) is 67.0 cm³/mol. The molecule has 0 fully saturated rings. The highest BCUT2D eigenvalue weighted by Crippen LogP contribution is 2.22. The molecule has 0 aliphatic carbocycles. The highest BCUT2D eigenvalue weighted by Gasteiger charge is 2.29. The molecule has 1 aliphatic heterocycles. The normalized spacial score (nSPS) is 18.9. The summed E-state index contributed by atoms with van der Waals surface area (Å²) in [6, 6.07) is -0.0265. The molecule has 5 heteroatoms. The van der Waals surface area contributed by atoms with Crippen molar-refractivity contribution in [3.63, 3.8) is 0 Å². The van der Waals surface area contributed by atoms with Crippen molar-refractivity contribution in [2.75, 3.05) is 20.3 Å². The van der Waals surface area contributed by atoms with Crippen LogP contribution in [-0.2, 0) is 14.3 Å². The first-order valence-corrected chi connectivity index (χ1v) is 5.95. The Balaban J connectivity index is 2.71. The van der Waals surface area contributed by atoms with Gasteiger partial charge in [-0.1, -0.05) is 25.7 Å². The van der Waals surface area contributed by atoms with E-state index in [0.717, 1.165) is 6.42 Å². The molecule has 0 saturated heterocycles. The summed E-state index contributed by atoms with van der Waals surface area (Å²) in [6.07, 6.45) is 4.14. The number of esters is 1. The van der Waals surface area contributed by atoms with E-state index in [0.29, 0.717) is 18.5 Å². The molecule has 100 valence electrons. The summed E-state index contributed by atoms with van der Waals surface area (Å²) in [5.74, 6) is -0.326. The Bertz CT molecular complexity index is 362. The van der Waals surface area contributed by atoms with E-state index < -0.39 is 0 Å². The van der Waals surface area contributed by atoms with E-state index in [2.05, 4.69) is 11.3 Å². The average molecular weight is 253 g/mol. The van der Waals surface area contributed by atoms with Crippen LogP contribution in [0.15, 0.2) is 24.3 Å². The number of ether oxygens (including phenoxy) is 2. The van der Waals surface area contributed by atoms with Crippen molar-refractivity contribution in [2.24, 2.45) is 0 Å². The molecule has 1 rings (SSSR count). The van der Waals surface area contributed by atoms with Gasteiger partial charge in [-0.15, -0.1) is 0 Å². The SMILES string of the molecule is C=CCOC(=O)N1CC=C(C(=O)OC)C[C@H]1CC. The van der Waals surface area contributed by atoms with Crippen molar-refractivity contribution in [3.05, 3.63) is 24.3 Å². The van der Waals surface area contributed by atoms with Crippen molar-refractivity contribution in [3.8, 4) is 0 Å². The van der Waals surface area contributed by atoms with Gasteiger partial charge in [-0.3, -0.25) is 0 Å². The van der Waals surface area contributed by atoms with Gasteiger partial charge in [0.25, 0.3) is 0 Å². The number of carbonyl (C=O) groups excluding carboxylic acids is 2. The van der Waals surface area contributed by atoms with Crippen molar-refractivity contribution in [1.29, 1.82) is 0 Å². The van der Waals surface area contributed by atoms with E-state index in [1.807, 2.05) is 6.92 Å². The summed E-state index contributed by atoms with van der Waals surface area (Å²) in [5, 5.41) is 0. The molecule has 1 amide bonds. The topological polar surface area (TPSA) is 55.8 Å². The van der Waals surface area contributed by atoms with Gasteiger partial charge in [0, 0.05) is 18.2 Å². The largest absolute Gasteiger partial charge is 0.466 e. The fourth-order valence-electron chi connectivity index (χ4n) is 1.90. The Morgan fingerprint density at radius 1 is 1.61 bits per heavy atom. The van der Waals surface area contributed by atoms with Gasteiger partial charge in [0.1, 0.15) is 6.61 Å². The van der Waals surface area contributed by atoms with Crippen LogP contribution in [0.5, 0.6) is 0 Å². The van der Waals surface area contributed by atoms with Crippen LogP contribution in [0.4, 0.5) is 4.79 Å². The molecule has 0 N–H and O–H groups in total. The molecule has 0 spiro atoms. The highest BCUT2D eigenvalue weighted by atomic mass is 16.6. The molecular formula is C13H19NO4. The highest BCUT2D eigenvalue weighted by molar-refractivity contribution is 5.89. The van der Waals surface area contributed by atoms with Crippen LogP contribution in [-0.4, -0.2) is 43.3 Å². The quantitative estimate of drug-likeness (QED) is 0.567. The minimum absolute atomic E-state index is 0.0265. The fraction of sp³-hybridized carbons (Fsp3) is 0.538. The van der Waals surface area contributed by atoms with Crippen LogP contribution < -0.4 is 0 Å². The van der Waals surface area contributed by atoms with Crippen molar-refractivity contribution >= 4 is 12.1 Å². The zero-order valence-electron chi connectivity index (χ0n) is 10.8. The second-order valence-corrected chi connectivity index (χ2v) is 4.01. The Labute approximate surface area is 107 Å². The molecule has 0 aromatic rings. The lowest BCUT2D eigenvalue weighted by atomic mass is 9.98. The van der Waals surface area contributed by atoms with Crippen molar-refractivity contribution in [2.45, 2.75) is 25.8 Å². The molecule has 0 aromatic carbocycles. The third-order valence-corrected chi connectivity index (χ3v) is 2.91. The molecule has 1 atom stereocenters. The molecule has 1 aliphatic rings. The molecule has 0 bridgehead atoms. The lowest BCUT2D eigenvalue weighted by Crippen LogP contribution is -2.43. The van der Waals surface area contributed by atoms with Gasteiger partial charge in [0.2, 0.25) is 0 Å². The monoisotopic (exact) mass is 253 g/mol. The number of nitrogens with zero attached hydrogens (tertiary/aromatic N) is 1. The molecule has 18 heavy (non-hydrogen) atoms. The summed E-state index contributed by atoms with van der Waals surface area (Å²) in [7, 11) is 1.36. The molecule has 1 heterocycles. The summed E-state index contributed by atoms with van der Waals surface area (Å²) < 4.78 is 9.70. The van der Waals surface area contributed by atoms with Crippen LogP contribution in [0.2, 0.25) is 0 Å². The number of hydrogen-bond donors (Lipinski definition) is 0. The summed E-state index contributed by atoms with van der Waals surface area (Å²) in [4.78, 5) is 24.8. The molecule has 0 radical (unpaired) electrons. The third kappa shape index (κ3) is 3.35. The zero-order valence-corrected chi connectivity index (χ0v) is 10.8. The molecule has 5 nitrogen and oxygen atoms in total. The lowest BCUT2D eigenvalue weighted by molar-refractivity contribution is -0.136. The summed E-state index contributed by atoms with van der Waals surface area (Å²) in [6.45, 7) is 6.03. The Kier molecular flexibility index (Phi) is 5.42. The maximum Gasteiger partial charge on any atom is 0.410 e. The second-order valence-electron chi connectivity index (χ2n) is 4.01. The van der Waals surface area contributed by atoms with Gasteiger partial charge < -0.3 is 14.4 Å². The van der Waals surface area contributed by atoms with E-state index in [-0.39, 0.29) is 24.7 Å². The maximum absolute atomic E-state index is 11.8. The first-order valence-electron chi connectivity index (χ1n) is 5.95. The number of rotatable bonds is 4. The van der Waals surface area contributed by atoms with Crippen LogP contribution in [0.3, 0.4) is 0 Å². The minimum atomic E-state index is -0.373. The second kappa shape index (κ2) is 6.83. The first-order chi connectivity index (χ1) is 8.63. The molecule has 0 aromatic heterocycles. The smallest absolute Gasteiger partial charge is 0.410 e. The van der Waals surface area contributed by atoms with Crippen LogP contribution in [0.25, 0.3) is 0 Å². The van der Waals surface area contributed by atoms with Crippen LogP contribution >= 0.6 is 0 Å². The average Bonchev–Trinajstić information content (AvgIpc) is 2.42. The van der Waals surface area contributed by atoms with Crippen molar-refractivity contribution in [1.82, 2.24) is 4.90 Å². The van der Waals surface area contributed by atoms with Gasteiger partial charge in [0.15, 0.2) is 0 Å². The van der Waals surface area contributed by atoms with Gasteiger partial charge in [-0.05, 0) is 12.8 Å². The standard InChI is InChI=1S/C13H19NO4/c1-4-8-18-13(16)14-7-6-10(12(15)17-3)9-11(14)5-2/h4,6,11H,1,5,7-9H2,2-3H3/t11-/m1/s1. The van der Waals surface area contributed by atoms with E-state index in [9.17, 15) is 9.59 Å².